The topological polar surface area (TPSA) is 81.8 Å². The number of hydrogen-bond acceptors (Lipinski definition) is 3. The highest BCUT2D eigenvalue weighted by Crippen LogP contribution is 2.38. The van der Waals surface area contributed by atoms with Crippen LogP contribution in [0.1, 0.15) is 40.8 Å². The molecule has 39 heavy (non-hydrogen) atoms. The van der Waals surface area contributed by atoms with Crippen LogP contribution < -0.4 is 10.6 Å². The molecule has 2 aliphatic heterocycles. The van der Waals surface area contributed by atoms with E-state index in [0.29, 0.717) is 29.9 Å². The molecule has 0 fully saturated rings. The minimum atomic E-state index is -0.764. The van der Waals surface area contributed by atoms with Gasteiger partial charge in [0.1, 0.15) is 6.04 Å². The highest BCUT2D eigenvalue weighted by molar-refractivity contribution is 6.05. The summed E-state index contributed by atoms with van der Waals surface area (Å²) in [6, 6.07) is 21.7. The number of anilines is 1. The van der Waals surface area contributed by atoms with E-state index >= 15 is 0 Å². The average molecular weight is 523 g/mol. The minimum Gasteiger partial charge on any atom is -0.326 e. The second-order valence-electron chi connectivity index (χ2n) is 10.3. The molecule has 0 saturated heterocycles. The van der Waals surface area contributed by atoms with Gasteiger partial charge in [-0.1, -0.05) is 71.8 Å². The zero-order chi connectivity index (χ0) is 27.7. The summed E-state index contributed by atoms with van der Waals surface area (Å²) in [6.45, 7) is 8.50. The van der Waals surface area contributed by atoms with Crippen molar-refractivity contribution in [1.29, 1.82) is 0 Å². The summed E-state index contributed by atoms with van der Waals surface area (Å²) in [5, 5.41) is 6.07. The van der Waals surface area contributed by atoms with Crippen LogP contribution in [-0.2, 0) is 16.0 Å². The molecule has 2 N–H and O–H groups in total. The molecule has 0 spiro atoms. The lowest BCUT2D eigenvalue weighted by Crippen LogP contribution is -2.47. The number of nitrogens with one attached hydrogen (secondary N) is 2. The predicted molar refractivity (Wildman–Crippen MR) is 152 cm³/mol. The third kappa shape index (κ3) is 5.17. The first-order chi connectivity index (χ1) is 18.8. The molecule has 3 aromatic carbocycles. The van der Waals surface area contributed by atoms with Gasteiger partial charge < -0.3 is 15.5 Å². The molecule has 7 heteroatoms. The molecule has 0 aliphatic carbocycles. The van der Waals surface area contributed by atoms with Gasteiger partial charge in [-0.2, -0.15) is 0 Å². The lowest BCUT2D eigenvalue weighted by Gasteiger charge is -2.33. The maximum atomic E-state index is 14.2. The van der Waals surface area contributed by atoms with Crippen LogP contribution in [0, 0.1) is 20.8 Å². The first-order valence-electron chi connectivity index (χ1n) is 13.4. The van der Waals surface area contributed by atoms with Crippen LogP contribution in [-0.4, -0.2) is 46.8 Å². The van der Waals surface area contributed by atoms with E-state index in [2.05, 4.69) is 16.7 Å². The molecule has 7 nitrogen and oxygen atoms in total. The third-order valence-corrected chi connectivity index (χ3v) is 7.57. The number of amides is 4. The smallest absolute Gasteiger partial charge is 0.322 e. The van der Waals surface area contributed by atoms with Gasteiger partial charge >= 0.3 is 6.03 Å². The number of benzene rings is 3. The van der Waals surface area contributed by atoms with Crippen molar-refractivity contribution in [3.63, 3.8) is 0 Å². The summed E-state index contributed by atoms with van der Waals surface area (Å²) in [6.07, 6.45) is 0.354. The summed E-state index contributed by atoms with van der Waals surface area (Å²) in [5.74, 6) is -0.491. The number of carbonyl (C=O) groups is 3. The van der Waals surface area contributed by atoms with Crippen LogP contribution >= 0.6 is 0 Å². The maximum absolute atomic E-state index is 14.2. The Morgan fingerprint density at radius 1 is 0.974 bits per heavy atom. The van der Waals surface area contributed by atoms with Crippen LogP contribution in [0.2, 0.25) is 0 Å². The minimum absolute atomic E-state index is 0.190. The van der Waals surface area contributed by atoms with Gasteiger partial charge in [-0.25, -0.2) is 4.79 Å². The van der Waals surface area contributed by atoms with Crippen molar-refractivity contribution < 1.29 is 14.4 Å². The monoisotopic (exact) mass is 522 g/mol. The Morgan fingerprint density at radius 2 is 1.67 bits per heavy atom. The Hall–Kier alpha value is -4.39. The van der Waals surface area contributed by atoms with E-state index < -0.39 is 12.1 Å². The van der Waals surface area contributed by atoms with Crippen molar-refractivity contribution in [2.75, 3.05) is 18.4 Å². The Kier molecular flexibility index (Phi) is 7.24. The normalized spacial score (nSPS) is 17.7. The highest BCUT2D eigenvalue weighted by atomic mass is 16.2. The standard InChI is InChI=1S/C32H34N4O3/c1-5-35-27-19-36(31(38)28(27)29(34-32(35)39)25-16-13-21(3)17-22(25)4)26(18-23-9-7-6-8-10-23)30(37)33-24-14-11-20(2)12-15-24/h6-17,26,29H,5,18-19H2,1-4H3,(H,33,37)(H,34,39)/t26-,29-/m0/s1. The number of likely N-dealkylation sites (N-methyl/N-ethyl adjacent to an activating group) is 1. The fourth-order valence-corrected chi connectivity index (χ4v) is 5.53. The van der Waals surface area contributed by atoms with Crippen molar-refractivity contribution in [2.24, 2.45) is 0 Å². The average Bonchev–Trinajstić information content (AvgIpc) is 3.25. The van der Waals surface area contributed by atoms with E-state index in [1.54, 1.807) is 9.80 Å². The molecular formula is C32H34N4O3. The van der Waals surface area contributed by atoms with E-state index in [0.717, 1.165) is 27.8 Å². The number of hydrogen-bond donors (Lipinski definition) is 2. The second-order valence-corrected chi connectivity index (χ2v) is 10.3. The van der Waals surface area contributed by atoms with Crippen molar-refractivity contribution in [3.8, 4) is 0 Å². The summed E-state index contributed by atoms with van der Waals surface area (Å²) < 4.78 is 0. The molecule has 0 unspecified atom stereocenters. The molecule has 3 aromatic rings. The Balaban J connectivity index is 1.52. The second kappa shape index (κ2) is 10.8. The molecule has 5 rings (SSSR count). The largest absolute Gasteiger partial charge is 0.326 e. The zero-order valence-electron chi connectivity index (χ0n) is 22.8. The first-order valence-corrected chi connectivity index (χ1v) is 13.4. The lowest BCUT2D eigenvalue weighted by atomic mass is 9.91. The molecule has 4 amide bonds. The van der Waals surface area contributed by atoms with Crippen LogP contribution in [0.15, 0.2) is 84.1 Å². The summed E-state index contributed by atoms with van der Waals surface area (Å²) in [5.41, 5.74) is 6.91. The Morgan fingerprint density at radius 3 is 2.33 bits per heavy atom. The molecule has 0 saturated carbocycles. The number of rotatable bonds is 7. The molecule has 0 radical (unpaired) electrons. The zero-order valence-corrected chi connectivity index (χ0v) is 22.8. The number of carbonyl (C=O) groups excluding carboxylic acids is 3. The number of aryl methyl sites for hydroxylation is 3. The van der Waals surface area contributed by atoms with Gasteiger partial charge in [0.15, 0.2) is 0 Å². The predicted octanol–water partition coefficient (Wildman–Crippen LogP) is 5.04. The van der Waals surface area contributed by atoms with Gasteiger partial charge in [-0.05, 0) is 56.5 Å². The molecule has 200 valence electrons. The summed E-state index contributed by atoms with van der Waals surface area (Å²) in [7, 11) is 0. The van der Waals surface area contributed by atoms with Gasteiger partial charge in [0.25, 0.3) is 5.91 Å². The fraction of sp³-hybridized carbons (Fsp3) is 0.281. The van der Waals surface area contributed by atoms with Crippen LogP contribution in [0.3, 0.4) is 0 Å². The van der Waals surface area contributed by atoms with Crippen LogP contribution in [0.5, 0.6) is 0 Å². The SMILES string of the molecule is CCN1C(=O)N[C@@H](c2ccc(C)cc2C)C2=C1CN([C@@H](Cc1ccccc1)C(=O)Nc1ccc(C)cc1)C2=O. The first kappa shape index (κ1) is 26.2. The lowest BCUT2D eigenvalue weighted by molar-refractivity contribution is -0.134. The van der Waals surface area contributed by atoms with Gasteiger partial charge in [-0.15, -0.1) is 0 Å². The summed E-state index contributed by atoms with van der Waals surface area (Å²) >= 11 is 0. The van der Waals surface area contributed by atoms with Crippen LogP contribution in [0.25, 0.3) is 0 Å². The highest BCUT2D eigenvalue weighted by Gasteiger charge is 2.47. The van der Waals surface area contributed by atoms with Gasteiger partial charge in [0, 0.05) is 18.7 Å². The third-order valence-electron chi connectivity index (χ3n) is 7.57. The van der Waals surface area contributed by atoms with Crippen LogP contribution in [0.4, 0.5) is 10.5 Å². The van der Waals surface area contributed by atoms with E-state index in [1.165, 1.54) is 0 Å². The molecule has 2 heterocycles. The van der Waals surface area contributed by atoms with Crippen molar-refractivity contribution in [3.05, 3.63) is 112 Å². The maximum Gasteiger partial charge on any atom is 0.322 e. The quantitative estimate of drug-likeness (QED) is 0.456. The molecule has 0 aromatic heterocycles. The molecule has 0 bridgehead atoms. The molecule has 2 atom stereocenters. The van der Waals surface area contributed by atoms with Gasteiger partial charge in [0.05, 0.1) is 23.9 Å². The van der Waals surface area contributed by atoms with Crippen molar-refractivity contribution >= 4 is 23.5 Å². The molecule has 2 aliphatic rings. The Bertz CT molecular complexity index is 1450. The van der Waals surface area contributed by atoms with E-state index in [-0.39, 0.29) is 24.4 Å². The van der Waals surface area contributed by atoms with Gasteiger partial charge in [0.2, 0.25) is 5.91 Å². The Labute approximate surface area is 229 Å². The van der Waals surface area contributed by atoms with E-state index in [9.17, 15) is 14.4 Å². The number of nitrogens with zero attached hydrogens (tertiary/aromatic N) is 2. The molecular weight excluding hydrogens is 488 g/mol. The van der Waals surface area contributed by atoms with Crippen molar-refractivity contribution in [2.45, 2.75) is 46.2 Å². The number of urea groups is 1. The van der Waals surface area contributed by atoms with E-state index in [4.69, 9.17) is 0 Å². The van der Waals surface area contributed by atoms with E-state index in [1.807, 2.05) is 94.4 Å². The fourth-order valence-electron chi connectivity index (χ4n) is 5.53. The van der Waals surface area contributed by atoms with Crippen molar-refractivity contribution in [1.82, 2.24) is 15.1 Å². The van der Waals surface area contributed by atoms with Gasteiger partial charge in [-0.3, -0.25) is 14.5 Å². The summed E-state index contributed by atoms with van der Waals surface area (Å²) in [4.78, 5) is 44.4.